The van der Waals surface area contributed by atoms with E-state index in [1.807, 2.05) is 6.92 Å². The van der Waals surface area contributed by atoms with Crippen LogP contribution in [0.4, 0.5) is 0 Å². The van der Waals surface area contributed by atoms with Crippen molar-refractivity contribution in [2.75, 3.05) is 0 Å². The van der Waals surface area contributed by atoms with Crippen LogP contribution in [0.15, 0.2) is 12.2 Å². The van der Waals surface area contributed by atoms with Gasteiger partial charge in [0.15, 0.2) is 0 Å². The second-order valence-electron chi connectivity index (χ2n) is 2.30. The summed E-state index contributed by atoms with van der Waals surface area (Å²) in [5, 5.41) is 0. The van der Waals surface area contributed by atoms with Crippen molar-refractivity contribution >= 4 is 7.68 Å². The number of rotatable bonds is 3. The molecule has 0 N–H and O–H groups in total. The summed E-state index contributed by atoms with van der Waals surface area (Å²) in [6.07, 6.45) is 0.582. The predicted octanol–water partition coefficient (Wildman–Crippen LogP) is 2.51. The lowest BCUT2D eigenvalue weighted by atomic mass is 10.2. The summed E-state index contributed by atoms with van der Waals surface area (Å²) in [7, 11) is -2.26. The largest absolute Gasteiger partial charge is 0.318 e. The molecule has 0 rings (SSSR count). The van der Waals surface area contributed by atoms with Gasteiger partial charge >= 0.3 is 7.68 Å². The number of hydrogen-bond donors (Lipinski definition) is 0. The van der Waals surface area contributed by atoms with Gasteiger partial charge in [-0.05, 0) is 20.3 Å². The summed E-state index contributed by atoms with van der Waals surface area (Å²) in [4.78, 5) is 0. The summed E-state index contributed by atoms with van der Waals surface area (Å²) in [6.45, 7) is 7.12. The molecule has 2 nitrogen and oxygen atoms in total. The molecule has 3 heteroatoms. The zero-order valence-electron chi connectivity index (χ0n) is 5.76. The van der Waals surface area contributed by atoms with E-state index < -0.39 is 7.68 Å². The van der Waals surface area contributed by atoms with Gasteiger partial charge in [0.1, 0.15) is 0 Å². The van der Waals surface area contributed by atoms with Crippen LogP contribution in [0.5, 0.6) is 0 Å². The van der Waals surface area contributed by atoms with Crippen LogP contribution < -0.4 is 0 Å². The smallest absolute Gasteiger partial charge is 0.237 e. The molecule has 0 radical (unpaired) electrons. The summed E-state index contributed by atoms with van der Waals surface area (Å²) in [5.41, 5.74) is 0.666. The lowest BCUT2D eigenvalue weighted by molar-refractivity contribution is 0.506. The van der Waals surface area contributed by atoms with Crippen molar-refractivity contribution in [3.63, 3.8) is 0 Å². The molecule has 0 aliphatic heterocycles. The van der Waals surface area contributed by atoms with Crippen molar-refractivity contribution in [3.05, 3.63) is 12.2 Å². The minimum atomic E-state index is -2.26. The van der Waals surface area contributed by atoms with Gasteiger partial charge in [0, 0.05) is 0 Å². The van der Waals surface area contributed by atoms with Gasteiger partial charge in [0.25, 0.3) is 0 Å². The van der Waals surface area contributed by atoms with E-state index in [0.29, 0.717) is 6.42 Å². The predicted molar refractivity (Wildman–Crippen MR) is 37.2 cm³/mol. The Morgan fingerprint density at radius 1 is 1.67 bits per heavy atom. The van der Waals surface area contributed by atoms with Gasteiger partial charge in [-0.15, -0.1) is 6.58 Å². The van der Waals surface area contributed by atoms with Gasteiger partial charge in [-0.25, -0.2) is 9.13 Å². The first-order valence-corrected chi connectivity index (χ1v) is 4.06. The van der Waals surface area contributed by atoms with E-state index in [-0.39, 0.29) is 5.66 Å². The second-order valence-corrected chi connectivity index (χ2v) is 3.75. The molecule has 0 aromatic carbocycles. The zero-order chi connectivity index (χ0) is 7.44. The molecular weight excluding hydrogens is 135 g/mol. The van der Waals surface area contributed by atoms with Crippen molar-refractivity contribution < 1.29 is 9.13 Å². The van der Waals surface area contributed by atoms with E-state index in [0.717, 1.165) is 5.57 Å². The molecule has 0 saturated carbocycles. The van der Waals surface area contributed by atoms with Gasteiger partial charge in [0.2, 0.25) is 0 Å². The minimum Gasteiger partial charge on any atom is -0.237 e. The third-order valence-electron chi connectivity index (χ3n) is 1.00. The van der Waals surface area contributed by atoms with Crippen molar-refractivity contribution in [2.45, 2.75) is 25.9 Å². The number of allylic oxidation sites excluding steroid dienone is 1. The SMILES string of the molecule is C=C(C)CC(C)P(=O)=O. The fourth-order valence-corrected chi connectivity index (χ4v) is 1.04. The third kappa shape index (κ3) is 4.16. The first-order chi connectivity index (χ1) is 4.04. The zero-order valence-corrected chi connectivity index (χ0v) is 6.65. The average molecular weight is 146 g/mol. The maximum atomic E-state index is 10.2. The Kier molecular flexibility index (Phi) is 3.48. The monoisotopic (exact) mass is 146 g/mol. The standard InChI is InChI=1S/C6H11O2P/c1-5(2)4-6(3)9(7)8/h6H,1,4H2,2-3H3. The number of hydrogen-bond acceptors (Lipinski definition) is 2. The summed E-state index contributed by atoms with van der Waals surface area (Å²) < 4.78 is 20.5. The van der Waals surface area contributed by atoms with Gasteiger partial charge in [-0.2, -0.15) is 0 Å². The van der Waals surface area contributed by atoms with Gasteiger partial charge in [0.05, 0.1) is 5.66 Å². The van der Waals surface area contributed by atoms with Crippen molar-refractivity contribution in [2.24, 2.45) is 0 Å². The topological polar surface area (TPSA) is 34.1 Å². The van der Waals surface area contributed by atoms with Crippen LogP contribution in [0.3, 0.4) is 0 Å². The lowest BCUT2D eigenvalue weighted by Gasteiger charge is -1.97. The summed E-state index contributed by atoms with van der Waals surface area (Å²) >= 11 is 0. The van der Waals surface area contributed by atoms with E-state index in [9.17, 15) is 9.13 Å². The molecule has 0 aliphatic rings. The molecule has 0 spiro atoms. The van der Waals surface area contributed by atoms with Crippen LogP contribution >= 0.6 is 7.68 Å². The molecule has 52 valence electrons. The highest BCUT2D eigenvalue weighted by Gasteiger charge is 2.06. The molecule has 0 amide bonds. The fourth-order valence-electron chi connectivity index (χ4n) is 0.579. The Balaban J connectivity index is 3.78. The maximum Gasteiger partial charge on any atom is 0.318 e. The molecule has 0 saturated heterocycles. The molecule has 0 bridgehead atoms. The molecule has 9 heavy (non-hydrogen) atoms. The fraction of sp³-hybridized carbons (Fsp3) is 0.667. The van der Waals surface area contributed by atoms with Crippen LogP contribution in [-0.2, 0) is 9.13 Å². The molecule has 0 aromatic rings. The van der Waals surface area contributed by atoms with Crippen molar-refractivity contribution in [3.8, 4) is 0 Å². The maximum absolute atomic E-state index is 10.2. The molecule has 0 fully saturated rings. The van der Waals surface area contributed by atoms with Crippen LogP contribution in [0.1, 0.15) is 20.3 Å². The van der Waals surface area contributed by atoms with Crippen LogP contribution in [0.2, 0.25) is 0 Å². The molecule has 0 aromatic heterocycles. The summed E-state index contributed by atoms with van der Waals surface area (Å²) in [6, 6.07) is 0. The van der Waals surface area contributed by atoms with E-state index in [4.69, 9.17) is 0 Å². The Morgan fingerprint density at radius 2 is 2.11 bits per heavy atom. The Hall–Kier alpha value is -0.360. The van der Waals surface area contributed by atoms with Gasteiger partial charge < -0.3 is 0 Å². The Bertz CT molecular complexity index is 162. The normalized spacial score (nSPS) is 12.7. The average Bonchev–Trinajstić information content (AvgIpc) is 1.63. The Labute approximate surface area is 55.8 Å². The molecule has 0 heterocycles. The van der Waals surface area contributed by atoms with Crippen molar-refractivity contribution in [1.82, 2.24) is 0 Å². The van der Waals surface area contributed by atoms with Crippen LogP contribution in [-0.4, -0.2) is 5.66 Å². The Morgan fingerprint density at radius 3 is 2.22 bits per heavy atom. The van der Waals surface area contributed by atoms with Crippen LogP contribution in [0, 0.1) is 0 Å². The van der Waals surface area contributed by atoms with Gasteiger partial charge in [-0.3, -0.25) is 0 Å². The van der Waals surface area contributed by atoms with Crippen LogP contribution in [0.25, 0.3) is 0 Å². The highest BCUT2D eigenvalue weighted by atomic mass is 31.1. The van der Waals surface area contributed by atoms with E-state index in [1.54, 1.807) is 6.92 Å². The van der Waals surface area contributed by atoms with E-state index in [1.165, 1.54) is 0 Å². The first-order valence-electron chi connectivity index (χ1n) is 2.82. The third-order valence-corrected chi connectivity index (χ3v) is 1.91. The van der Waals surface area contributed by atoms with Gasteiger partial charge in [-0.1, -0.05) is 5.57 Å². The highest BCUT2D eigenvalue weighted by molar-refractivity contribution is 7.31. The molecule has 1 unspecified atom stereocenters. The molecular formula is C6H11O2P. The molecule has 0 aliphatic carbocycles. The lowest BCUT2D eigenvalue weighted by Crippen LogP contribution is -1.91. The highest BCUT2D eigenvalue weighted by Crippen LogP contribution is 2.19. The van der Waals surface area contributed by atoms with E-state index >= 15 is 0 Å². The first kappa shape index (κ1) is 8.64. The quantitative estimate of drug-likeness (QED) is 0.452. The minimum absolute atomic E-state index is 0.252. The summed E-state index contributed by atoms with van der Waals surface area (Å²) in [5.74, 6) is 0. The van der Waals surface area contributed by atoms with Crippen molar-refractivity contribution in [1.29, 1.82) is 0 Å². The van der Waals surface area contributed by atoms with E-state index in [2.05, 4.69) is 6.58 Å². The molecule has 1 atom stereocenters. The second kappa shape index (κ2) is 3.62.